The van der Waals surface area contributed by atoms with Gasteiger partial charge in [-0.3, -0.25) is 14.6 Å². The Morgan fingerprint density at radius 1 is 1.42 bits per heavy atom. The summed E-state index contributed by atoms with van der Waals surface area (Å²) in [5.74, 6) is 0. The molecule has 0 amide bonds. The van der Waals surface area contributed by atoms with Gasteiger partial charge in [-0.2, -0.15) is 5.06 Å². The van der Waals surface area contributed by atoms with E-state index in [4.69, 9.17) is 28.2 Å². The molecule has 19 heavy (non-hydrogen) atoms. The van der Waals surface area contributed by atoms with Crippen LogP contribution in [0.3, 0.4) is 0 Å². The van der Waals surface area contributed by atoms with Gasteiger partial charge in [-0.25, -0.2) is 4.42 Å². The maximum Gasteiger partial charge on any atom is 0.212 e. The predicted octanol–water partition coefficient (Wildman–Crippen LogP) is 0.412. The van der Waals surface area contributed by atoms with Crippen LogP contribution in [0, 0.1) is 0 Å². The minimum absolute atomic E-state index is 0.0849. The maximum atomic E-state index is 10.5. The molecule has 3 atom stereocenters. The van der Waals surface area contributed by atoms with Crippen molar-refractivity contribution in [2.24, 2.45) is 0 Å². The van der Waals surface area contributed by atoms with E-state index in [1.807, 2.05) is 25.9 Å². The summed E-state index contributed by atoms with van der Waals surface area (Å²) in [7, 11) is 7.17. The van der Waals surface area contributed by atoms with E-state index in [-0.39, 0.29) is 6.04 Å². The van der Waals surface area contributed by atoms with Crippen LogP contribution in [0.5, 0.6) is 0 Å². The van der Waals surface area contributed by atoms with Crippen LogP contribution in [0.2, 0.25) is 0 Å². The van der Waals surface area contributed by atoms with Crippen molar-refractivity contribution in [3.05, 3.63) is 0 Å². The smallest absolute Gasteiger partial charge is 0.212 e. The molecule has 1 heterocycles. The van der Waals surface area contributed by atoms with E-state index in [1.165, 1.54) is 5.06 Å². The Hall–Kier alpha value is 0.340. The van der Waals surface area contributed by atoms with Gasteiger partial charge in [0.1, 0.15) is 0 Å². The van der Waals surface area contributed by atoms with Crippen molar-refractivity contribution in [1.82, 2.24) is 19.3 Å². The Kier molecular flexibility index (Phi) is 6.28. The SMILES string of the molecule is CC(CN(C)C(O)C1(Cl)N(C)CCON1C)N(C)Cl. The third-order valence-corrected chi connectivity index (χ3v) is 4.65. The minimum atomic E-state index is -1.11. The predicted molar refractivity (Wildman–Crippen MR) is 76.6 cm³/mol. The van der Waals surface area contributed by atoms with Crippen molar-refractivity contribution >= 4 is 23.4 Å². The highest BCUT2D eigenvalue weighted by Crippen LogP contribution is 2.31. The molecule has 0 saturated carbocycles. The summed E-state index contributed by atoms with van der Waals surface area (Å²) < 4.78 is 1.58. The van der Waals surface area contributed by atoms with E-state index in [2.05, 4.69) is 0 Å². The van der Waals surface area contributed by atoms with Crippen LogP contribution in [0.4, 0.5) is 0 Å². The molecule has 0 spiro atoms. The fourth-order valence-electron chi connectivity index (χ4n) is 2.07. The summed E-state index contributed by atoms with van der Waals surface area (Å²) >= 11 is 12.5. The molecule has 1 fully saturated rings. The molecular formula is C11H24Cl2N4O2. The van der Waals surface area contributed by atoms with Crippen molar-refractivity contribution in [2.75, 3.05) is 47.9 Å². The first-order valence-corrected chi connectivity index (χ1v) is 6.96. The first-order valence-electron chi connectivity index (χ1n) is 6.25. The van der Waals surface area contributed by atoms with E-state index in [0.29, 0.717) is 19.7 Å². The lowest BCUT2D eigenvalue weighted by atomic mass is 10.2. The van der Waals surface area contributed by atoms with E-state index in [0.717, 1.165) is 0 Å². The molecule has 1 aliphatic rings. The number of hydrogen-bond donors (Lipinski definition) is 1. The van der Waals surface area contributed by atoms with Gasteiger partial charge in [0.15, 0.2) is 6.23 Å². The van der Waals surface area contributed by atoms with Gasteiger partial charge in [0.25, 0.3) is 0 Å². The number of alkyl halides is 1. The van der Waals surface area contributed by atoms with Crippen LogP contribution >= 0.6 is 23.4 Å². The fraction of sp³-hybridized carbons (Fsp3) is 1.00. The Morgan fingerprint density at radius 3 is 2.47 bits per heavy atom. The topological polar surface area (TPSA) is 42.4 Å². The Morgan fingerprint density at radius 2 is 2.00 bits per heavy atom. The van der Waals surface area contributed by atoms with Gasteiger partial charge >= 0.3 is 0 Å². The zero-order valence-corrected chi connectivity index (χ0v) is 13.7. The number of rotatable bonds is 5. The number of halogens is 2. The molecule has 0 radical (unpaired) electrons. The molecule has 1 N–H and O–H groups in total. The first-order chi connectivity index (χ1) is 8.71. The number of likely N-dealkylation sites (N-methyl/N-ethyl adjacent to an activating group) is 4. The second-order valence-electron chi connectivity index (χ2n) is 5.08. The van der Waals surface area contributed by atoms with E-state index < -0.39 is 11.3 Å². The molecule has 0 aromatic heterocycles. The third-order valence-electron chi connectivity index (χ3n) is 3.59. The summed E-state index contributed by atoms with van der Waals surface area (Å²) in [4.78, 5) is 9.06. The Bertz CT molecular complexity index is 286. The lowest BCUT2D eigenvalue weighted by Gasteiger charge is -2.50. The third kappa shape index (κ3) is 3.71. The van der Waals surface area contributed by atoms with Gasteiger partial charge in [-0.05, 0) is 32.8 Å². The lowest BCUT2D eigenvalue weighted by Crippen LogP contribution is -2.68. The molecule has 1 saturated heterocycles. The van der Waals surface area contributed by atoms with Crippen molar-refractivity contribution in [3.8, 4) is 0 Å². The first kappa shape index (κ1) is 17.4. The van der Waals surface area contributed by atoms with Gasteiger partial charge < -0.3 is 5.11 Å². The van der Waals surface area contributed by atoms with Gasteiger partial charge in [-0.15, -0.1) is 0 Å². The van der Waals surface area contributed by atoms with Gasteiger partial charge in [0, 0.05) is 33.2 Å². The second kappa shape index (κ2) is 6.87. The van der Waals surface area contributed by atoms with Crippen molar-refractivity contribution in [2.45, 2.75) is 24.3 Å². The quantitative estimate of drug-likeness (QED) is 0.343. The largest absolute Gasteiger partial charge is 0.373 e. The number of aliphatic hydroxyl groups excluding tert-OH is 1. The number of aliphatic hydroxyl groups is 1. The summed E-state index contributed by atoms with van der Waals surface area (Å²) in [6.45, 7) is 3.77. The average molecular weight is 315 g/mol. The van der Waals surface area contributed by atoms with Crippen LogP contribution in [0.25, 0.3) is 0 Å². The molecular weight excluding hydrogens is 291 g/mol. The van der Waals surface area contributed by atoms with Crippen LogP contribution in [0.15, 0.2) is 0 Å². The molecule has 3 unspecified atom stereocenters. The maximum absolute atomic E-state index is 10.5. The van der Waals surface area contributed by atoms with Crippen LogP contribution < -0.4 is 0 Å². The van der Waals surface area contributed by atoms with Gasteiger partial charge in [0.2, 0.25) is 5.12 Å². The molecule has 0 aliphatic carbocycles. The average Bonchev–Trinajstić information content (AvgIpc) is 2.34. The molecule has 114 valence electrons. The summed E-state index contributed by atoms with van der Waals surface area (Å²) in [5, 5.41) is 10.9. The van der Waals surface area contributed by atoms with E-state index >= 15 is 0 Å². The standard InChI is InChI=1S/C11H24Cl2N4O2/c1-9(16(4)13)8-14(2)10(18)11(12)15(3)6-7-19-17(11)5/h9-10,18H,6-8H2,1-5H3. The Balaban J connectivity index is 2.76. The molecule has 0 aromatic rings. The number of nitrogens with zero attached hydrogens (tertiary/aromatic N) is 4. The monoisotopic (exact) mass is 314 g/mol. The van der Waals surface area contributed by atoms with Crippen LogP contribution in [0.1, 0.15) is 6.92 Å². The zero-order valence-electron chi connectivity index (χ0n) is 12.2. The summed E-state index contributed by atoms with van der Waals surface area (Å²) in [5.41, 5.74) is 0. The number of hydrogen-bond acceptors (Lipinski definition) is 6. The summed E-state index contributed by atoms with van der Waals surface area (Å²) in [6.07, 6.45) is -0.913. The lowest BCUT2D eigenvalue weighted by molar-refractivity contribution is -0.293. The van der Waals surface area contributed by atoms with E-state index in [9.17, 15) is 5.11 Å². The highest BCUT2D eigenvalue weighted by atomic mass is 35.5. The highest BCUT2D eigenvalue weighted by molar-refractivity contribution is 6.23. The molecule has 0 aromatic carbocycles. The number of hydroxylamine groups is 2. The summed E-state index contributed by atoms with van der Waals surface area (Å²) in [6, 6.07) is 0.0849. The normalized spacial score (nSPS) is 30.0. The molecule has 0 bridgehead atoms. The van der Waals surface area contributed by atoms with Crippen LogP contribution in [-0.4, -0.2) is 89.7 Å². The minimum Gasteiger partial charge on any atom is -0.373 e. The second-order valence-corrected chi connectivity index (χ2v) is 6.17. The zero-order chi connectivity index (χ0) is 14.8. The van der Waals surface area contributed by atoms with E-state index in [1.54, 1.807) is 23.4 Å². The van der Waals surface area contributed by atoms with Gasteiger partial charge in [0.05, 0.1) is 6.61 Å². The molecule has 1 aliphatic heterocycles. The molecule has 8 heteroatoms. The molecule has 1 rings (SSSR count). The van der Waals surface area contributed by atoms with Crippen molar-refractivity contribution < 1.29 is 9.94 Å². The molecule has 6 nitrogen and oxygen atoms in total. The Labute approximate surface area is 125 Å². The van der Waals surface area contributed by atoms with Crippen molar-refractivity contribution in [1.29, 1.82) is 0 Å². The van der Waals surface area contributed by atoms with Crippen molar-refractivity contribution in [3.63, 3.8) is 0 Å². The highest BCUT2D eigenvalue weighted by Gasteiger charge is 2.49. The fourth-order valence-corrected chi connectivity index (χ4v) is 2.43. The van der Waals surface area contributed by atoms with Gasteiger partial charge in [-0.1, -0.05) is 11.6 Å². The van der Waals surface area contributed by atoms with Crippen LogP contribution in [-0.2, 0) is 4.84 Å².